The van der Waals surface area contributed by atoms with Crippen molar-refractivity contribution in [1.82, 2.24) is 4.90 Å². The molecule has 0 saturated heterocycles. The molecule has 0 aliphatic carbocycles. The predicted molar refractivity (Wildman–Crippen MR) is 73.2 cm³/mol. The fourth-order valence-electron chi connectivity index (χ4n) is 2.62. The highest BCUT2D eigenvalue weighted by Gasteiger charge is 2.36. The summed E-state index contributed by atoms with van der Waals surface area (Å²) in [4.78, 5) is 13.5. The molecule has 1 unspecified atom stereocenters. The van der Waals surface area contributed by atoms with E-state index in [2.05, 4.69) is 31.2 Å². The van der Waals surface area contributed by atoms with Crippen molar-refractivity contribution in [2.45, 2.75) is 12.5 Å². The Morgan fingerprint density at radius 3 is 2.50 bits per heavy atom. The van der Waals surface area contributed by atoms with Gasteiger partial charge in [0, 0.05) is 13.1 Å². The largest absolute Gasteiger partial charge is 0.329 e. The maximum Gasteiger partial charge on any atom is 0.247 e. The number of nitrogens with zero attached hydrogens (tertiary/aromatic N) is 1. The quantitative estimate of drug-likeness (QED) is 0.746. The molecular formula is C16H15NO. The first kappa shape index (κ1) is 11.0. The molecule has 0 aromatic heterocycles. The number of carbonyl (C=O) groups excluding carboxylic acids is 1. The van der Waals surface area contributed by atoms with Crippen molar-refractivity contribution < 1.29 is 4.79 Å². The van der Waals surface area contributed by atoms with Crippen LogP contribution in [0.15, 0.2) is 54.6 Å². The van der Waals surface area contributed by atoms with Crippen LogP contribution < -0.4 is 0 Å². The molecule has 0 radical (unpaired) electrons. The molecule has 0 spiro atoms. The van der Waals surface area contributed by atoms with Crippen LogP contribution in [-0.2, 0) is 10.3 Å². The average Bonchev–Trinajstić information content (AvgIpc) is 2.67. The fourth-order valence-corrected chi connectivity index (χ4v) is 2.62. The molecule has 0 N–H and O–H groups in total. The van der Waals surface area contributed by atoms with Gasteiger partial charge < -0.3 is 4.90 Å². The highest BCUT2D eigenvalue weighted by atomic mass is 16.2. The Bertz CT molecular complexity index is 654. The molecule has 0 fully saturated rings. The van der Waals surface area contributed by atoms with Crippen molar-refractivity contribution in [3.8, 4) is 0 Å². The van der Waals surface area contributed by atoms with Gasteiger partial charge in [-0.25, -0.2) is 0 Å². The Kier molecular flexibility index (Phi) is 2.27. The van der Waals surface area contributed by atoms with E-state index in [1.54, 1.807) is 11.0 Å². The first-order valence-corrected chi connectivity index (χ1v) is 6.08. The van der Waals surface area contributed by atoms with E-state index in [4.69, 9.17) is 0 Å². The number of carbonyl (C=O) groups is 1. The second-order valence-electron chi connectivity index (χ2n) is 4.90. The molecule has 2 aromatic carbocycles. The van der Waals surface area contributed by atoms with Crippen LogP contribution in [0.3, 0.4) is 0 Å². The topological polar surface area (TPSA) is 20.3 Å². The highest BCUT2D eigenvalue weighted by molar-refractivity contribution is 5.94. The van der Waals surface area contributed by atoms with Crippen molar-refractivity contribution in [3.05, 3.63) is 60.2 Å². The first-order valence-electron chi connectivity index (χ1n) is 6.08. The van der Waals surface area contributed by atoms with E-state index in [0.717, 1.165) is 0 Å². The van der Waals surface area contributed by atoms with E-state index < -0.39 is 0 Å². The molecule has 1 amide bonds. The molecule has 1 aliphatic heterocycles. The second kappa shape index (κ2) is 3.70. The zero-order chi connectivity index (χ0) is 12.8. The highest BCUT2D eigenvalue weighted by Crippen LogP contribution is 2.37. The van der Waals surface area contributed by atoms with E-state index in [1.165, 1.54) is 16.3 Å². The van der Waals surface area contributed by atoms with E-state index in [0.29, 0.717) is 0 Å². The molecule has 1 atom stereocenters. The Hall–Kier alpha value is -2.09. The van der Waals surface area contributed by atoms with Crippen LogP contribution in [0.2, 0.25) is 0 Å². The maximum absolute atomic E-state index is 11.7. The van der Waals surface area contributed by atoms with Gasteiger partial charge in [-0.05, 0) is 29.3 Å². The lowest BCUT2D eigenvalue weighted by molar-refractivity contribution is -0.126. The van der Waals surface area contributed by atoms with Gasteiger partial charge in [-0.2, -0.15) is 0 Å². The van der Waals surface area contributed by atoms with Crippen LogP contribution >= 0.6 is 0 Å². The molecule has 90 valence electrons. The molecule has 18 heavy (non-hydrogen) atoms. The molecular weight excluding hydrogens is 222 g/mol. The number of hydrogen-bond acceptors (Lipinski definition) is 1. The average molecular weight is 237 g/mol. The number of rotatable bonds is 1. The Balaban J connectivity index is 2.27. The van der Waals surface area contributed by atoms with Gasteiger partial charge in [0.2, 0.25) is 5.91 Å². The number of hydrogen-bond donors (Lipinski definition) is 0. The van der Waals surface area contributed by atoms with Crippen LogP contribution in [0.4, 0.5) is 0 Å². The van der Waals surface area contributed by atoms with Gasteiger partial charge >= 0.3 is 0 Å². The molecule has 2 heteroatoms. The zero-order valence-electron chi connectivity index (χ0n) is 10.6. The van der Waals surface area contributed by atoms with Crippen LogP contribution in [0.25, 0.3) is 10.8 Å². The predicted octanol–water partition coefficient (Wildman–Crippen LogP) is 3.08. The SMILES string of the molecule is CN1C(=O)C=CC1(C)c1cccc2ccccc12. The lowest BCUT2D eigenvalue weighted by Crippen LogP contribution is -2.38. The molecule has 3 rings (SSSR count). The summed E-state index contributed by atoms with van der Waals surface area (Å²) in [5.41, 5.74) is 0.822. The zero-order valence-corrected chi connectivity index (χ0v) is 10.6. The van der Waals surface area contributed by atoms with Crippen molar-refractivity contribution in [3.63, 3.8) is 0 Å². The minimum absolute atomic E-state index is 0.0606. The van der Waals surface area contributed by atoms with Crippen molar-refractivity contribution >= 4 is 16.7 Å². The summed E-state index contributed by atoms with van der Waals surface area (Å²) in [5, 5.41) is 2.41. The Morgan fingerprint density at radius 1 is 1.06 bits per heavy atom. The summed E-state index contributed by atoms with van der Waals surface area (Å²) >= 11 is 0. The van der Waals surface area contributed by atoms with Gasteiger partial charge in [-0.1, -0.05) is 42.5 Å². The third-order valence-electron chi connectivity index (χ3n) is 3.91. The van der Waals surface area contributed by atoms with E-state index in [9.17, 15) is 4.79 Å². The summed E-state index contributed by atoms with van der Waals surface area (Å²) in [6.45, 7) is 2.08. The summed E-state index contributed by atoms with van der Waals surface area (Å²) in [6.07, 6.45) is 3.64. The Morgan fingerprint density at radius 2 is 1.78 bits per heavy atom. The van der Waals surface area contributed by atoms with Gasteiger partial charge in [0.15, 0.2) is 0 Å². The first-order chi connectivity index (χ1) is 8.63. The summed E-state index contributed by atoms with van der Waals surface area (Å²) in [7, 11) is 1.85. The number of likely N-dealkylation sites (N-methyl/N-ethyl adjacent to an activating group) is 1. The standard InChI is InChI=1S/C16H15NO/c1-16(11-10-15(18)17(16)2)14-9-5-7-12-6-3-4-8-13(12)14/h3-11H,1-2H3. The van der Waals surface area contributed by atoms with Gasteiger partial charge in [0.1, 0.15) is 0 Å². The van der Waals surface area contributed by atoms with Crippen LogP contribution in [0, 0.1) is 0 Å². The van der Waals surface area contributed by atoms with Gasteiger partial charge in [-0.3, -0.25) is 4.79 Å². The lowest BCUT2D eigenvalue weighted by atomic mass is 9.88. The minimum Gasteiger partial charge on any atom is -0.329 e. The fraction of sp³-hybridized carbons (Fsp3) is 0.188. The third kappa shape index (κ3) is 1.39. The second-order valence-corrected chi connectivity index (χ2v) is 4.90. The normalized spacial score (nSPS) is 23.0. The van der Waals surface area contributed by atoms with Crippen molar-refractivity contribution in [1.29, 1.82) is 0 Å². The minimum atomic E-state index is -0.349. The number of fused-ring (bicyclic) bond motifs is 1. The monoisotopic (exact) mass is 237 g/mol. The van der Waals surface area contributed by atoms with Gasteiger partial charge in [0.25, 0.3) is 0 Å². The molecule has 2 nitrogen and oxygen atoms in total. The van der Waals surface area contributed by atoms with Crippen molar-refractivity contribution in [2.75, 3.05) is 7.05 Å². The van der Waals surface area contributed by atoms with Crippen molar-refractivity contribution in [2.24, 2.45) is 0 Å². The molecule has 1 heterocycles. The lowest BCUT2D eigenvalue weighted by Gasteiger charge is -2.33. The van der Waals surface area contributed by atoms with Gasteiger partial charge in [0.05, 0.1) is 5.54 Å². The maximum atomic E-state index is 11.7. The smallest absolute Gasteiger partial charge is 0.247 e. The molecule has 2 aromatic rings. The molecule has 1 aliphatic rings. The van der Waals surface area contributed by atoms with E-state index in [-0.39, 0.29) is 11.4 Å². The number of amides is 1. The van der Waals surface area contributed by atoms with E-state index in [1.807, 2.05) is 31.3 Å². The van der Waals surface area contributed by atoms with Gasteiger partial charge in [-0.15, -0.1) is 0 Å². The summed E-state index contributed by atoms with van der Waals surface area (Å²) < 4.78 is 0. The van der Waals surface area contributed by atoms with Crippen LogP contribution in [-0.4, -0.2) is 17.9 Å². The number of benzene rings is 2. The summed E-state index contributed by atoms with van der Waals surface area (Å²) in [6, 6.07) is 14.5. The van der Waals surface area contributed by atoms with Crippen LogP contribution in [0.1, 0.15) is 12.5 Å². The Labute approximate surface area is 107 Å². The van der Waals surface area contributed by atoms with Crippen LogP contribution in [0.5, 0.6) is 0 Å². The molecule has 0 bridgehead atoms. The molecule has 0 saturated carbocycles. The van der Waals surface area contributed by atoms with E-state index >= 15 is 0 Å². The summed E-state index contributed by atoms with van der Waals surface area (Å²) in [5.74, 6) is 0.0606. The third-order valence-corrected chi connectivity index (χ3v) is 3.91.